The topological polar surface area (TPSA) is 18.5 Å². The zero-order valence-electron chi connectivity index (χ0n) is 20.4. The van der Waals surface area contributed by atoms with Crippen LogP contribution < -0.4 is 8.85 Å². The predicted molar refractivity (Wildman–Crippen MR) is 131 cm³/mol. The second-order valence-electron chi connectivity index (χ2n) is 11.2. The first-order valence-corrected chi connectivity index (χ1v) is 15.8. The average Bonchev–Trinajstić information content (AvgIpc) is 2.58. The first-order chi connectivity index (χ1) is 13.2. The predicted octanol–water partition coefficient (Wildman–Crippen LogP) is 8.47. The Morgan fingerprint density at radius 1 is 1.07 bits per heavy atom. The van der Waals surface area contributed by atoms with Gasteiger partial charge in [0.15, 0.2) is 0 Å². The van der Waals surface area contributed by atoms with Gasteiger partial charge in [0.1, 0.15) is 11.5 Å². The molecule has 4 heteroatoms. The fourth-order valence-corrected chi connectivity index (χ4v) is 6.62. The Bertz CT molecular complexity index is 701. The van der Waals surface area contributed by atoms with E-state index in [2.05, 4.69) is 86.3 Å². The smallest absolute Gasteiger partial charge is 0.286 e. The van der Waals surface area contributed by atoms with E-state index in [-0.39, 0.29) is 10.1 Å². The third-order valence-corrected chi connectivity index (χ3v) is 13.8. The van der Waals surface area contributed by atoms with Gasteiger partial charge in [-0.05, 0) is 72.4 Å². The molecule has 0 spiro atoms. The number of rotatable bonds is 6. The number of allylic oxidation sites excluding steroid dienone is 1. The summed E-state index contributed by atoms with van der Waals surface area (Å²) < 4.78 is 13.4. The Morgan fingerprint density at radius 3 is 2.14 bits per heavy atom. The molecule has 1 aliphatic carbocycles. The molecule has 2 rings (SSSR count). The third-order valence-electron chi connectivity index (χ3n) is 6.69. The Labute approximate surface area is 183 Å². The summed E-state index contributed by atoms with van der Waals surface area (Å²) in [5.74, 6) is 2.61. The van der Waals surface area contributed by atoms with Crippen molar-refractivity contribution in [3.63, 3.8) is 0 Å². The molecule has 0 heterocycles. The van der Waals surface area contributed by atoms with E-state index in [1.54, 1.807) is 0 Å². The van der Waals surface area contributed by atoms with Crippen LogP contribution in [0, 0.1) is 0 Å². The molecule has 0 aliphatic heterocycles. The van der Waals surface area contributed by atoms with E-state index in [1.807, 2.05) is 0 Å². The van der Waals surface area contributed by atoms with Crippen LogP contribution in [0.25, 0.3) is 0 Å². The summed E-state index contributed by atoms with van der Waals surface area (Å²) in [7, 11) is -2.87. The van der Waals surface area contributed by atoms with Crippen LogP contribution >= 0.6 is 0 Å². The molecule has 1 aliphatic rings. The standard InChI is InChI=1S/C25H43O2Si2/c1-11-28(24(3,4)5)26-21-16-17-22(20-14-12-19(2)13-15-20)23(18-21)27-29(9,10)25(6,7)8/h16-18,20H,2,11-15H2,1,3-10H3. The minimum Gasteiger partial charge on any atom is -0.543 e. The van der Waals surface area contributed by atoms with Crippen LogP contribution in [0.2, 0.25) is 29.2 Å². The van der Waals surface area contributed by atoms with Crippen LogP contribution in [0.3, 0.4) is 0 Å². The van der Waals surface area contributed by atoms with Crippen molar-refractivity contribution in [2.24, 2.45) is 0 Å². The molecule has 0 saturated heterocycles. The molecule has 29 heavy (non-hydrogen) atoms. The zero-order valence-corrected chi connectivity index (χ0v) is 22.4. The van der Waals surface area contributed by atoms with E-state index in [4.69, 9.17) is 8.85 Å². The highest BCUT2D eigenvalue weighted by Gasteiger charge is 2.40. The molecule has 0 bridgehead atoms. The van der Waals surface area contributed by atoms with E-state index in [1.165, 1.54) is 24.0 Å². The fourth-order valence-electron chi connectivity index (χ4n) is 3.67. The van der Waals surface area contributed by atoms with Gasteiger partial charge in [-0.3, -0.25) is 0 Å². The van der Waals surface area contributed by atoms with Gasteiger partial charge in [0.25, 0.3) is 9.04 Å². The van der Waals surface area contributed by atoms with E-state index < -0.39 is 17.4 Å². The average molecular weight is 432 g/mol. The van der Waals surface area contributed by atoms with Crippen molar-refractivity contribution in [3.05, 3.63) is 35.9 Å². The number of hydrogen-bond donors (Lipinski definition) is 0. The lowest BCUT2D eigenvalue weighted by Crippen LogP contribution is -2.44. The molecule has 1 saturated carbocycles. The van der Waals surface area contributed by atoms with Crippen molar-refractivity contribution in [2.45, 2.75) is 109 Å². The molecule has 1 aromatic rings. The summed E-state index contributed by atoms with van der Waals surface area (Å²) in [5, 5.41) is 0.383. The molecule has 1 radical (unpaired) electrons. The molecule has 163 valence electrons. The van der Waals surface area contributed by atoms with Crippen LogP contribution in [0.5, 0.6) is 11.5 Å². The Kier molecular flexibility index (Phi) is 7.54. The van der Waals surface area contributed by atoms with Crippen LogP contribution in [-0.4, -0.2) is 17.4 Å². The normalized spacial score (nSPS) is 17.0. The Balaban J connectivity index is 2.39. The van der Waals surface area contributed by atoms with Gasteiger partial charge in [0.2, 0.25) is 8.32 Å². The van der Waals surface area contributed by atoms with Gasteiger partial charge < -0.3 is 8.85 Å². The summed E-state index contributed by atoms with van der Waals surface area (Å²) in [5.41, 5.74) is 2.77. The van der Waals surface area contributed by atoms with Crippen molar-refractivity contribution in [1.29, 1.82) is 0 Å². The van der Waals surface area contributed by atoms with Crippen LogP contribution in [-0.2, 0) is 0 Å². The van der Waals surface area contributed by atoms with E-state index in [9.17, 15) is 0 Å². The maximum absolute atomic E-state index is 6.87. The molecule has 0 unspecified atom stereocenters. The lowest BCUT2D eigenvalue weighted by Gasteiger charge is -2.38. The molecule has 0 N–H and O–H groups in total. The molecule has 0 aromatic heterocycles. The summed E-state index contributed by atoms with van der Waals surface area (Å²) in [4.78, 5) is 0. The lowest BCUT2D eigenvalue weighted by atomic mass is 9.82. The minimum absolute atomic E-state index is 0.172. The van der Waals surface area contributed by atoms with Gasteiger partial charge in [-0.15, -0.1) is 0 Å². The molecule has 2 nitrogen and oxygen atoms in total. The molecule has 1 fully saturated rings. The zero-order chi connectivity index (χ0) is 22.0. The lowest BCUT2D eigenvalue weighted by molar-refractivity contribution is 0.456. The second-order valence-corrected chi connectivity index (χ2v) is 19.2. The van der Waals surface area contributed by atoms with E-state index in [0.717, 1.165) is 30.4 Å². The van der Waals surface area contributed by atoms with Crippen LogP contribution in [0.15, 0.2) is 30.4 Å². The fraction of sp³-hybridized carbons (Fsp3) is 0.680. The summed E-state index contributed by atoms with van der Waals surface area (Å²) in [6, 6.07) is 7.77. The van der Waals surface area contributed by atoms with Crippen molar-refractivity contribution in [1.82, 2.24) is 0 Å². The molecule has 0 amide bonds. The van der Waals surface area contributed by atoms with E-state index in [0.29, 0.717) is 5.92 Å². The van der Waals surface area contributed by atoms with Crippen molar-refractivity contribution in [2.75, 3.05) is 0 Å². The molecular weight excluding hydrogens is 388 g/mol. The minimum atomic E-state index is -1.93. The van der Waals surface area contributed by atoms with Gasteiger partial charge in [-0.1, -0.05) is 66.7 Å². The molecule has 0 atom stereocenters. The number of benzene rings is 1. The summed E-state index contributed by atoms with van der Waals surface area (Å²) in [6.45, 7) is 24.9. The van der Waals surface area contributed by atoms with Crippen molar-refractivity contribution >= 4 is 17.4 Å². The first-order valence-electron chi connectivity index (χ1n) is 11.3. The SMILES string of the molecule is C=C1CCC(c2ccc(O[Si](CC)C(C)(C)C)cc2O[Si](C)(C)C(C)(C)C)CC1. The quantitative estimate of drug-likeness (QED) is 0.332. The Morgan fingerprint density at radius 2 is 1.66 bits per heavy atom. The monoisotopic (exact) mass is 431 g/mol. The van der Waals surface area contributed by atoms with Crippen LogP contribution in [0.1, 0.15) is 85.6 Å². The maximum Gasteiger partial charge on any atom is 0.286 e. The number of hydrogen-bond acceptors (Lipinski definition) is 2. The summed E-state index contributed by atoms with van der Waals surface area (Å²) >= 11 is 0. The first kappa shape index (κ1) is 24.3. The summed E-state index contributed by atoms with van der Waals surface area (Å²) in [6.07, 6.45) is 4.63. The maximum atomic E-state index is 6.87. The van der Waals surface area contributed by atoms with Gasteiger partial charge in [0.05, 0.1) is 0 Å². The van der Waals surface area contributed by atoms with Gasteiger partial charge in [-0.2, -0.15) is 0 Å². The van der Waals surface area contributed by atoms with Gasteiger partial charge >= 0.3 is 0 Å². The highest BCUT2D eigenvalue weighted by atomic mass is 28.4. The highest BCUT2D eigenvalue weighted by molar-refractivity contribution is 6.74. The third kappa shape index (κ3) is 6.24. The Hall–Kier alpha value is -1.01. The molecule has 1 aromatic carbocycles. The highest BCUT2D eigenvalue weighted by Crippen LogP contribution is 2.44. The van der Waals surface area contributed by atoms with E-state index >= 15 is 0 Å². The second kappa shape index (κ2) is 9.01. The van der Waals surface area contributed by atoms with Gasteiger partial charge in [0, 0.05) is 6.07 Å². The van der Waals surface area contributed by atoms with Crippen molar-refractivity contribution < 1.29 is 8.85 Å². The van der Waals surface area contributed by atoms with Crippen molar-refractivity contribution in [3.8, 4) is 11.5 Å². The molecular formula is C25H43O2Si2. The van der Waals surface area contributed by atoms with Gasteiger partial charge in [-0.25, -0.2) is 0 Å². The van der Waals surface area contributed by atoms with Crippen LogP contribution in [0.4, 0.5) is 0 Å². The largest absolute Gasteiger partial charge is 0.543 e.